The molecular weight excluding hydrogens is 424 g/mol. The second-order valence-corrected chi connectivity index (χ2v) is 7.85. The van der Waals surface area contributed by atoms with E-state index >= 15 is 0 Å². The third-order valence-corrected chi connectivity index (χ3v) is 5.71. The molecule has 4 rings (SSSR count). The molecule has 0 fully saturated rings. The minimum Gasteiger partial charge on any atom is -0.480 e. The van der Waals surface area contributed by atoms with Gasteiger partial charge in [-0.2, -0.15) is 5.10 Å². The van der Waals surface area contributed by atoms with E-state index in [1.807, 2.05) is 36.4 Å². The zero-order valence-corrected chi connectivity index (χ0v) is 18.2. The highest BCUT2D eigenvalue weighted by Gasteiger charge is 2.29. The van der Waals surface area contributed by atoms with Crippen LogP contribution < -0.4 is 10.6 Å². The highest BCUT2D eigenvalue weighted by molar-refractivity contribution is 5.96. The second kappa shape index (κ2) is 9.15. The first kappa shape index (κ1) is 22.1. The summed E-state index contributed by atoms with van der Waals surface area (Å²) in [5.74, 6) is -1.79. The molecule has 0 bridgehead atoms. The van der Waals surface area contributed by atoms with Crippen LogP contribution in [-0.2, 0) is 23.1 Å². The van der Waals surface area contributed by atoms with Gasteiger partial charge in [0.2, 0.25) is 0 Å². The maximum absolute atomic E-state index is 12.5. The van der Waals surface area contributed by atoms with Gasteiger partial charge >= 0.3 is 12.1 Å². The SMILES string of the molecule is CC(NC(=O)c1c(CNC(=O)OCC2c3ccccc3-c3ccccc32)cnn1C)C(=O)O. The van der Waals surface area contributed by atoms with Gasteiger partial charge in [0.15, 0.2) is 0 Å². The van der Waals surface area contributed by atoms with Gasteiger partial charge in [0.1, 0.15) is 18.3 Å². The van der Waals surface area contributed by atoms with E-state index in [1.165, 1.54) is 17.8 Å². The van der Waals surface area contributed by atoms with Crippen molar-refractivity contribution in [1.29, 1.82) is 0 Å². The third-order valence-electron chi connectivity index (χ3n) is 5.71. The minimum atomic E-state index is -1.15. The van der Waals surface area contributed by atoms with Crippen molar-refractivity contribution in [3.05, 3.63) is 77.1 Å². The Balaban J connectivity index is 1.39. The summed E-state index contributed by atoms with van der Waals surface area (Å²) in [5.41, 5.74) is 5.13. The number of amides is 2. The summed E-state index contributed by atoms with van der Waals surface area (Å²) in [6.07, 6.45) is 0.829. The van der Waals surface area contributed by atoms with Crippen LogP contribution >= 0.6 is 0 Å². The number of nitrogens with zero attached hydrogens (tertiary/aromatic N) is 2. The summed E-state index contributed by atoms with van der Waals surface area (Å²) >= 11 is 0. The molecule has 0 saturated carbocycles. The van der Waals surface area contributed by atoms with Crippen molar-refractivity contribution in [2.75, 3.05) is 6.61 Å². The van der Waals surface area contributed by atoms with E-state index in [-0.39, 0.29) is 24.8 Å². The molecule has 9 nitrogen and oxygen atoms in total. The maximum atomic E-state index is 12.5. The number of hydrogen-bond donors (Lipinski definition) is 3. The topological polar surface area (TPSA) is 123 Å². The molecule has 9 heteroatoms. The summed E-state index contributed by atoms with van der Waals surface area (Å²) in [6.45, 7) is 1.55. The van der Waals surface area contributed by atoms with Gasteiger partial charge in [-0.3, -0.25) is 14.3 Å². The average Bonchev–Trinajstić information content (AvgIpc) is 3.33. The van der Waals surface area contributed by atoms with Crippen molar-refractivity contribution in [3.8, 4) is 11.1 Å². The molecule has 0 saturated heterocycles. The largest absolute Gasteiger partial charge is 0.480 e. The number of rotatable bonds is 7. The molecule has 33 heavy (non-hydrogen) atoms. The van der Waals surface area contributed by atoms with Crippen LogP contribution in [0.1, 0.15) is 40.0 Å². The Bertz CT molecular complexity index is 1170. The summed E-state index contributed by atoms with van der Waals surface area (Å²) < 4.78 is 6.84. The number of hydrogen-bond acceptors (Lipinski definition) is 5. The summed E-state index contributed by atoms with van der Waals surface area (Å²) in [4.78, 5) is 35.9. The van der Waals surface area contributed by atoms with E-state index in [2.05, 4.69) is 27.9 Å². The molecule has 2 amide bonds. The monoisotopic (exact) mass is 448 g/mol. The van der Waals surface area contributed by atoms with Crippen LogP contribution in [0.15, 0.2) is 54.7 Å². The van der Waals surface area contributed by atoms with Gasteiger partial charge in [0.05, 0.1) is 12.7 Å². The number of alkyl carbamates (subject to hydrolysis) is 1. The number of nitrogens with one attached hydrogen (secondary N) is 2. The summed E-state index contributed by atoms with van der Waals surface area (Å²) in [6, 6.07) is 15.1. The molecule has 1 aromatic heterocycles. The van der Waals surface area contributed by atoms with Crippen molar-refractivity contribution >= 4 is 18.0 Å². The van der Waals surface area contributed by atoms with Crippen LogP contribution in [0.25, 0.3) is 11.1 Å². The molecule has 0 aliphatic heterocycles. The molecule has 1 aliphatic carbocycles. The van der Waals surface area contributed by atoms with Gasteiger partial charge in [-0.15, -0.1) is 0 Å². The number of aliphatic carboxylic acids is 1. The van der Waals surface area contributed by atoms with E-state index in [1.54, 1.807) is 7.05 Å². The van der Waals surface area contributed by atoms with Crippen LogP contribution in [0.3, 0.4) is 0 Å². The number of carboxylic acid groups (broad SMARTS) is 1. The number of aryl methyl sites for hydroxylation is 1. The molecule has 0 radical (unpaired) electrons. The number of ether oxygens (including phenoxy) is 1. The predicted octanol–water partition coefficient (Wildman–Crippen LogP) is 2.66. The van der Waals surface area contributed by atoms with Gasteiger partial charge in [-0.05, 0) is 29.2 Å². The number of aromatic nitrogens is 2. The number of carboxylic acids is 1. The maximum Gasteiger partial charge on any atom is 0.407 e. The molecule has 1 unspecified atom stereocenters. The zero-order chi connectivity index (χ0) is 23.5. The van der Waals surface area contributed by atoms with Gasteiger partial charge < -0.3 is 20.5 Å². The molecule has 1 aliphatic rings. The molecular formula is C24H24N4O5. The highest BCUT2D eigenvalue weighted by Crippen LogP contribution is 2.44. The average molecular weight is 448 g/mol. The van der Waals surface area contributed by atoms with E-state index in [9.17, 15) is 14.4 Å². The fourth-order valence-electron chi connectivity index (χ4n) is 4.05. The van der Waals surface area contributed by atoms with E-state index < -0.39 is 24.0 Å². The van der Waals surface area contributed by atoms with Gasteiger partial charge in [0.25, 0.3) is 5.91 Å². The first-order chi connectivity index (χ1) is 15.9. The lowest BCUT2D eigenvalue weighted by Crippen LogP contribution is -2.39. The Morgan fingerprint density at radius 3 is 2.30 bits per heavy atom. The van der Waals surface area contributed by atoms with Gasteiger partial charge in [-0.25, -0.2) is 4.79 Å². The van der Waals surface area contributed by atoms with Gasteiger partial charge in [-0.1, -0.05) is 48.5 Å². The van der Waals surface area contributed by atoms with Crippen molar-refractivity contribution in [1.82, 2.24) is 20.4 Å². The zero-order valence-electron chi connectivity index (χ0n) is 18.2. The Labute approximate surface area is 190 Å². The Hall–Kier alpha value is -4.14. The third kappa shape index (κ3) is 4.43. The highest BCUT2D eigenvalue weighted by atomic mass is 16.5. The Morgan fingerprint density at radius 1 is 1.09 bits per heavy atom. The molecule has 170 valence electrons. The first-order valence-corrected chi connectivity index (χ1v) is 10.5. The van der Waals surface area contributed by atoms with Crippen LogP contribution in [0.4, 0.5) is 4.79 Å². The minimum absolute atomic E-state index is 0.00865. The van der Waals surface area contributed by atoms with E-state index in [0.717, 1.165) is 22.3 Å². The molecule has 1 heterocycles. The lowest BCUT2D eigenvalue weighted by molar-refractivity contribution is -0.138. The summed E-state index contributed by atoms with van der Waals surface area (Å²) in [5, 5.41) is 18.1. The smallest absolute Gasteiger partial charge is 0.407 e. The lowest BCUT2D eigenvalue weighted by Gasteiger charge is -2.15. The number of carbonyl (C=O) groups excluding carboxylic acids is 2. The number of benzene rings is 2. The fraction of sp³-hybridized carbons (Fsp3) is 0.250. The fourth-order valence-corrected chi connectivity index (χ4v) is 4.05. The Kier molecular flexibility index (Phi) is 6.12. The van der Waals surface area contributed by atoms with Crippen LogP contribution in [0.5, 0.6) is 0 Å². The molecule has 0 spiro atoms. The number of carbonyl (C=O) groups is 3. The van der Waals surface area contributed by atoms with Crippen LogP contribution in [0.2, 0.25) is 0 Å². The molecule has 1 atom stereocenters. The summed E-state index contributed by atoms with van der Waals surface area (Å²) in [7, 11) is 1.57. The predicted molar refractivity (Wildman–Crippen MR) is 120 cm³/mol. The first-order valence-electron chi connectivity index (χ1n) is 10.5. The van der Waals surface area contributed by atoms with Crippen molar-refractivity contribution in [2.24, 2.45) is 7.05 Å². The number of fused-ring (bicyclic) bond motifs is 3. The van der Waals surface area contributed by atoms with E-state index in [4.69, 9.17) is 9.84 Å². The van der Waals surface area contributed by atoms with Crippen molar-refractivity contribution in [2.45, 2.75) is 25.4 Å². The van der Waals surface area contributed by atoms with Crippen molar-refractivity contribution in [3.63, 3.8) is 0 Å². The normalized spacial score (nSPS) is 13.0. The lowest BCUT2D eigenvalue weighted by atomic mass is 9.98. The Morgan fingerprint density at radius 2 is 1.70 bits per heavy atom. The quantitative estimate of drug-likeness (QED) is 0.511. The molecule has 3 aromatic rings. The molecule has 2 aromatic carbocycles. The van der Waals surface area contributed by atoms with Gasteiger partial charge in [0, 0.05) is 18.5 Å². The van der Waals surface area contributed by atoms with Crippen LogP contribution in [0, 0.1) is 0 Å². The standard InChI is InChI=1S/C24H24N4O5/c1-14(23(30)31)27-22(29)21-15(12-26-28(21)2)11-25-24(32)33-13-20-18-9-5-3-7-16(18)17-8-4-6-10-19(17)20/h3-10,12,14,20H,11,13H2,1-2H3,(H,25,32)(H,27,29)(H,30,31). The van der Waals surface area contributed by atoms with E-state index in [0.29, 0.717) is 5.56 Å². The van der Waals surface area contributed by atoms with Crippen molar-refractivity contribution < 1.29 is 24.2 Å². The second-order valence-electron chi connectivity index (χ2n) is 7.85. The molecule has 3 N–H and O–H groups in total. The van der Waals surface area contributed by atoms with Crippen LogP contribution in [-0.4, -0.2) is 45.5 Å².